The van der Waals surface area contributed by atoms with Gasteiger partial charge in [0.25, 0.3) is 0 Å². The number of aryl methyl sites for hydroxylation is 2. The molecule has 148 valence electrons. The molecule has 8 heteroatoms. The van der Waals surface area contributed by atoms with Crippen molar-refractivity contribution in [3.8, 4) is 0 Å². The smallest absolute Gasteiger partial charge is 0.169 e. The first kappa shape index (κ1) is 18.7. The number of furan rings is 1. The Hall–Kier alpha value is -2.61. The fourth-order valence-electron chi connectivity index (χ4n) is 3.74. The van der Waals surface area contributed by atoms with Gasteiger partial charge < -0.3 is 23.7 Å². The van der Waals surface area contributed by atoms with Crippen LogP contribution in [0.1, 0.15) is 47.4 Å². The summed E-state index contributed by atoms with van der Waals surface area (Å²) in [4.78, 5) is 6.88. The van der Waals surface area contributed by atoms with Crippen LogP contribution in [-0.2, 0) is 13.1 Å². The molecule has 4 rings (SSSR count). The van der Waals surface area contributed by atoms with Crippen LogP contribution in [0.25, 0.3) is 0 Å². The summed E-state index contributed by atoms with van der Waals surface area (Å²) in [7, 11) is 0. The van der Waals surface area contributed by atoms with Gasteiger partial charge in [-0.25, -0.2) is 4.98 Å². The van der Waals surface area contributed by atoms with Crippen LogP contribution >= 0.6 is 12.2 Å². The molecular formula is C20H25N5O2S. The van der Waals surface area contributed by atoms with Crippen LogP contribution in [0.2, 0.25) is 0 Å². The third kappa shape index (κ3) is 3.96. The molecule has 4 heterocycles. The van der Waals surface area contributed by atoms with Gasteiger partial charge in [0, 0.05) is 37.0 Å². The Balaban J connectivity index is 1.34. The summed E-state index contributed by atoms with van der Waals surface area (Å²) < 4.78 is 12.9. The molecule has 28 heavy (non-hydrogen) atoms. The van der Waals surface area contributed by atoms with E-state index >= 15 is 0 Å². The second-order valence-electron chi connectivity index (χ2n) is 7.22. The third-order valence-electron chi connectivity index (χ3n) is 5.40. The molecule has 0 bridgehead atoms. The maximum atomic E-state index is 5.55. The van der Waals surface area contributed by atoms with Crippen molar-refractivity contribution in [1.29, 1.82) is 0 Å². The van der Waals surface area contributed by atoms with Gasteiger partial charge in [-0.1, -0.05) is 5.16 Å². The van der Waals surface area contributed by atoms with Crippen molar-refractivity contribution in [2.75, 3.05) is 13.1 Å². The fraction of sp³-hybridized carbons (Fsp3) is 0.450. The zero-order chi connectivity index (χ0) is 19.5. The first-order chi connectivity index (χ1) is 13.6. The van der Waals surface area contributed by atoms with Gasteiger partial charge in [0.1, 0.15) is 17.3 Å². The lowest BCUT2D eigenvalue weighted by atomic mass is 9.96. The zero-order valence-electron chi connectivity index (χ0n) is 16.2. The molecule has 3 aromatic rings. The van der Waals surface area contributed by atoms with Gasteiger partial charge >= 0.3 is 0 Å². The van der Waals surface area contributed by atoms with Crippen LogP contribution < -0.4 is 5.32 Å². The summed E-state index contributed by atoms with van der Waals surface area (Å²) in [5.74, 6) is 3.33. The number of nitrogens with zero attached hydrogens (tertiary/aromatic N) is 4. The Kier molecular flexibility index (Phi) is 5.47. The van der Waals surface area contributed by atoms with Crippen molar-refractivity contribution in [3.63, 3.8) is 0 Å². The van der Waals surface area contributed by atoms with E-state index in [1.165, 1.54) is 0 Å². The molecule has 0 aromatic carbocycles. The number of nitrogens with one attached hydrogen (secondary N) is 1. The average molecular weight is 400 g/mol. The molecule has 0 atom stereocenters. The van der Waals surface area contributed by atoms with Gasteiger partial charge in [0.05, 0.1) is 25.0 Å². The van der Waals surface area contributed by atoms with Crippen molar-refractivity contribution in [3.05, 3.63) is 59.4 Å². The van der Waals surface area contributed by atoms with E-state index in [0.717, 1.165) is 66.2 Å². The summed E-state index contributed by atoms with van der Waals surface area (Å²) in [6.07, 6.45) is 7.66. The SMILES string of the molecule is Cc1noc(C)c1Cn1ccnc1C1CCN(C(=S)NCc2ccco2)CC1. The summed E-state index contributed by atoms with van der Waals surface area (Å²) >= 11 is 5.55. The molecule has 0 spiro atoms. The minimum atomic E-state index is 0.430. The number of piperidine rings is 1. The highest BCUT2D eigenvalue weighted by Gasteiger charge is 2.25. The van der Waals surface area contributed by atoms with E-state index in [2.05, 4.69) is 24.9 Å². The molecule has 0 unspecified atom stereocenters. The van der Waals surface area contributed by atoms with Crippen LogP contribution in [-0.4, -0.2) is 37.8 Å². The quantitative estimate of drug-likeness (QED) is 0.659. The van der Waals surface area contributed by atoms with E-state index in [0.29, 0.717) is 12.5 Å². The lowest BCUT2D eigenvalue weighted by molar-refractivity contribution is 0.299. The molecule has 1 saturated heterocycles. The Morgan fingerprint density at radius 2 is 2.14 bits per heavy atom. The predicted molar refractivity (Wildman–Crippen MR) is 109 cm³/mol. The number of hydrogen-bond acceptors (Lipinski definition) is 5. The Morgan fingerprint density at radius 3 is 2.82 bits per heavy atom. The van der Waals surface area contributed by atoms with E-state index in [-0.39, 0.29) is 0 Å². The number of rotatable bonds is 5. The standard InChI is InChI=1S/C20H25N5O2S/c1-14-18(15(2)27-23-14)13-25-10-7-21-19(25)16-5-8-24(9-6-16)20(28)22-12-17-4-3-11-26-17/h3-4,7,10-11,16H,5-6,8-9,12-13H2,1-2H3,(H,22,28). The second-order valence-corrected chi connectivity index (χ2v) is 7.60. The molecule has 0 amide bonds. The van der Waals surface area contributed by atoms with E-state index in [4.69, 9.17) is 21.2 Å². The van der Waals surface area contributed by atoms with Gasteiger partial charge in [-0.2, -0.15) is 0 Å². The van der Waals surface area contributed by atoms with E-state index in [1.807, 2.05) is 38.4 Å². The topological polar surface area (TPSA) is 72.3 Å². The maximum absolute atomic E-state index is 5.55. The van der Waals surface area contributed by atoms with Crippen molar-refractivity contribution < 1.29 is 8.94 Å². The first-order valence-electron chi connectivity index (χ1n) is 9.59. The number of likely N-dealkylation sites (tertiary alicyclic amines) is 1. The molecule has 0 radical (unpaired) electrons. The maximum Gasteiger partial charge on any atom is 0.169 e. The number of aromatic nitrogens is 3. The number of thiocarbonyl (C=S) groups is 1. The third-order valence-corrected chi connectivity index (χ3v) is 5.80. The molecule has 1 fully saturated rings. The normalized spacial score (nSPS) is 15.1. The molecule has 3 aromatic heterocycles. The summed E-state index contributed by atoms with van der Waals surface area (Å²) in [6, 6.07) is 3.83. The summed E-state index contributed by atoms with van der Waals surface area (Å²) in [5, 5.41) is 8.13. The molecule has 0 saturated carbocycles. The van der Waals surface area contributed by atoms with E-state index < -0.39 is 0 Å². The van der Waals surface area contributed by atoms with Gasteiger partial charge in [-0.15, -0.1) is 0 Å². The number of imidazole rings is 1. The van der Waals surface area contributed by atoms with Crippen molar-refractivity contribution in [2.45, 2.75) is 45.7 Å². The van der Waals surface area contributed by atoms with Gasteiger partial charge in [0.15, 0.2) is 5.11 Å². The van der Waals surface area contributed by atoms with Crippen molar-refractivity contribution in [2.24, 2.45) is 0 Å². The first-order valence-corrected chi connectivity index (χ1v) is 10.0. The molecule has 0 aliphatic carbocycles. The van der Waals surface area contributed by atoms with E-state index in [1.54, 1.807) is 6.26 Å². The summed E-state index contributed by atoms with van der Waals surface area (Å²) in [5.41, 5.74) is 2.08. The van der Waals surface area contributed by atoms with Crippen molar-refractivity contribution >= 4 is 17.3 Å². The minimum Gasteiger partial charge on any atom is -0.467 e. The zero-order valence-corrected chi connectivity index (χ0v) is 17.0. The van der Waals surface area contributed by atoms with Gasteiger partial charge in [-0.3, -0.25) is 0 Å². The highest BCUT2D eigenvalue weighted by molar-refractivity contribution is 7.80. The van der Waals surface area contributed by atoms with Crippen LogP contribution in [0.5, 0.6) is 0 Å². The monoisotopic (exact) mass is 399 g/mol. The summed E-state index contributed by atoms with van der Waals surface area (Å²) in [6.45, 7) is 7.16. The Labute approximate surface area is 169 Å². The largest absolute Gasteiger partial charge is 0.467 e. The second kappa shape index (κ2) is 8.18. The fourth-order valence-corrected chi connectivity index (χ4v) is 4.00. The minimum absolute atomic E-state index is 0.430. The molecular weight excluding hydrogens is 374 g/mol. The average Bonchev–Trinajstić information content (AvgIpc) is 3.45. The predicted octanol–water partition coefficient (Wildman–Crippen LogP) is 3.38. The van der Waals surface area contributed by atoms with Crippen LogP contribution in [0, 0.1) is 13.8 Å². The van der Waals surface area contributed by atoms with Crippen LogP contribution in [0.15, 0.2) is 39.7 Å². The van der Waals surface area contributed by atoms with Crippen LogP contribution in [0.4, 0.5) is 0 Å². The van der Waals surface area contributed by atoms with Gasteiger partial charge in [-0.05, 0) is 51.0 Å². The molecule has 1 N–H and O–H groups in total. The Morgan fingerprint density at radius 1 is 1.32 bits per heavy atom. The number of hydrogen-bond donors (Lipinski definition) is 1. The lowest BCUT2D eigenvalue weighted by Gasteiger charge is -2.33. The molecule has 1 aliphatic heterocycles. The molecule has 7 nitrogen and oxygen atoms in total. The Bertz CT molecular complexity index is 903. The lowest BCUT2D eigenvalue weighted by Crippen LogP contribution is -2.43. The van der Waals surface area contributed by atoms with Crippen LogP contribution in [0.3, 0.4) is 0 Å². The van der Waals surface area contributed by atoms with Gasteiger partial charge in [0.2, 0.25) is 0 Å². The molecule has 1 aliphatic rings. The highest BCUT2D eigenvalue weighted by atomic mass is 32.1. The van der Waals surface area contributed by atoms with Crippen molar-refractivity contribution in [1.82, 2.24) is 24.9 Å². The van der Waals surface area contributed by atoms with E-state index in [9.17, 15) is 0 Å². The highest BCUT2D eigenvalue weighted by Crippen LogP contribution is 2.28.